The number of aliphatic imine (C=N–C) groups is 1. The number of nitrogens with one attached hydrogen (secondary N) is 2. The molecule has 2 aromatic rings. The van der Waals surface area contributed by atoms with E-state index in [0.29, 0.717) is 12.1 Å². The maximum atomic E-state index is 9.01. The molecule has 2 N–H and O–H groups in total. The molecule has 4 nitrogen and oxygen atoms in total. The third kappa shape index (κ3) is 5.27. The van der Waals surface area contributed by atoms with Crippen molar-refractivity contribution in [2.24, 2.45) is 4.99 Å². The summed E-state index contributed by atoms with van der Waals surface area (Å²) in [7, 11) is 0. The number of guanidine groups is 1. The fourth-order valence-corrected chi connectivity index (χ4v) is 3.93. The van der Waals surface area contributed by atoms with Crippen LogP contribution in [-0.2, 0) is 6.54 Å². The zero-order chi connectivity index (χ0) is 18.2. The zero-order valence-electron chi connectivity index (χ0n) is 15.0. The molecule has 0 atom stereocenters. The molecule has 0 unspecified atom stereocenters. The van der Waals surface area contributed by atoms with E-state index in [2.05, 4.69) is 59.0 Å². The molecule has 1 fully saturated rings. The summed E-state index contributed by atoms with van der Waals surface area (Å²) < 4.78 is 0.276. The largest absolute Gasteiger partial charge is 0.357 e. The van der Waals surface area contributed by atoms with E-state index in [1.807, 2.05) is 36.0 Å². The first-order valence-corrected chi connectivity index (χ1v) is 9.80. The lowest BCUT2D eigenvalue weighted by Crippen LogP contribution is -2.41. The lowest BCUT2D eigenvalue weighted by molar-refractivity contribution is 0.769. The van der Waals surface area contributed by atoms with Gasteiger partial charge in [-0.05, 0) is 49.6 Å². The van der Waals surface area contributed by atoms with Crippen LogP contribution in [-0.4, -0.2) is 23.8 Å². The van der Waals surface area contributed by atoms with Crippen molar-refractivity contribution in [1.29, 1.82) is 5.26 Å². The van der Waals surface area contributed by atoms with Crippen LogP contribution in [0, 0.1) is 11.3 Å². The van der Waals surface area contributed by atoms with Crippen LogP contribution in [0.2, 0.25) is 0 Å². The van der Waals surface area contributed by atoms with E-state index in [9.17, 15) is 0 Å². The van der Waals surface area contributed by atoms with Gasteiger partial charge in [-0.3, -0.25) is 0 Å². The average Bonchev–Trinajstić information content (AvgIpc) is 3.44. The summed E-state index contributed by atoms with van der Waals surface area (Å²) in [5, 5.41) is 15.8. The molecule has 2 aromatic carbocycles. The van der Waals surface area contributed by atoms with Gasteiger partial charge >= 0.3 is 0 Å². The van der Waals surface area contributed by atoms with Gasteiger partial charge < -0.3 is 10.6 Å². The molecular weight excluding hydrogens is 340 g/mol. The quantitative estimate of drug-likeness (QED) is 0.577. The van der Waals surface area contributed by atoms with Crippen molar-refractivity contribution in [3.8, 4) is 6.07 Å². The summed E-state index contributed by atoms with van der Waals surface area (Å²) in [5.74, 6) is 0.829. The highest BCUT2D eigenvalue weighted by Gasteiger charge is 2.43. The molecule has 26 heavy (non-hydrogen) atoms. The van der Waals surface area contributed by atoms with Crippen LogP contribution in [0.1, 0.15) is 30.9 Å². The Balaban J connectivity index is 1.58. The number of rotatable bonds is 7. The van der Waals surface area contributed by atoms with E-state index in [1.54, 1.807) is 0 Å². The van der Waals surface area contributed by atoms with Gasteiger partial charge in [0.25, 0.3) is 0 Å². The van der Waals surface area contributed by atoms with Gasteiger partial charge in [-0.25, -0.2) is 4.99 Å². The molecule has 3 rings (SSSR count). The Bertz CT molecular complexity index is 791. The molecule has 5 heteroatoms. The first-order valence-electron chi connectivity index (χ1n) is 8.98. The van der Waals surface area contributed by atoms with Crippen molar-refractivity contribution in [3.63, 3.8) is 0 Å². The molecular formula is C21H24N4S. The summed E-state index contributed by atoms with van der Waals surface area (Å²) in [6, 6.07) is 20.4. The second kappa shape index (κ2) is 8.77. The van der Waals surface area contributed by atoms with Crippen molar-refractivity contribution in [2.75, 3.05) is 13.1 Å². The predicted molar refractivity (Wildman–Crippen MR) is 108 cm³/mol. The van der Waals surface area contributed by atoms with Crippen LogP contribution in [0.5, 0.6) is 0 Å². The second-order valence-corrected chi connectivity index (χ2v) is 8.00. The smallest absolute Gasteiger partial charge is 0.191 e. The minimum Gasteiger partial charge on any atom is -0.357 e. The number of thioether (sulfide) groups is 1. The molecule has 0 saturated heterocycles. The molecule has 1 saturated carbocycles. The number of nitrogens with zero attached hydrogens (tertiary/aromatic N) is 2. The molecule has 1 aliphatic carbocycles. The van der Waals surface area contributed by atoms with Crippen LogP contribution in [0.3, 0.4) is 0 Å². The van der Waals surface area contributed by atoms with Gasteiger partial charge in [0.2, 0.25) is 0 Å². The van der Waals surface area contributed by atoms with Crippen molar-refractivity contribution in [2.45, 2.75) is 36.0 Å². The van der Waals surface area contributed by atoms with Gasteiger partial charge in [-0.15, -0.1) is 11.8 Å². The molecule has 1 aliphatic rings. The van der Waals surface area contributed by atoms with E-state index >= 15 is 0 Å². The normalized spacial score (nSPS) is 15.2. The number of hydrogen-bond acceptors (Lipinski definition) is 3. The first kappa shape index (κ1) is 18.3. The van der Waals surface area contributed by atoms with Gasteiger partial charge in [0, 0.05) is 22.7 Å². The van der Waals surface area contributed by atoms with Gasteiger partial charge in [0.05, 0.1) is 18.2 Å². The number of benzene rings is 2. The fraction of sp³-hybridized carbons (Fsp3) is 0.333. The van der Waals surface area contributed by atoms with Gasteiger partial charge in [0.15, 0.2) is 5.96 Å². The number of nitriles is 1. The first-order chi connectivity index (χ1) is 12.7. The third-order valence-corrected chi connectivity index (χ3v) is 5.78. The van der Waals surface area contributed by atoms with Gasteiger partial charge in [0.1, 0.15) is 0 Å². The average molecular weight is 365 g/mol. The SMILES string of the molecule is CCNC(=NCc1cccc(C#N)c1)NCC1(Sc2ccccc2)CC1. The third-order valence-electron chi connectivity index (χ3n) is 4.28. The van der Waals surface area contributed by atoms with Gasteiger partial charge in [-0.1, -0.05) is 30.3 Å². The molecule has 0 radical (unpaired) electrons. The van der Waals surface area contributed by atoms with Crippen molar-refractivity contribution in [1.82, 2.24) is 10.6 Å². The Kier molecular flexibility index (Phi) is 6.19. The van der Waals surface area contributed by atoms with Crippen molar-refractivity contribution >= 4 is 17.7 Å². The minimum absolute atomic E-state index is 0.276. The Morgan fingerprint density at radius 1 is 1.15 bits per heavy atom. The molecule has 134 valence electrons. The van der Waals surface area contributed by atoms with Crippen LogP contribution in [0.15, 0.2) is 64.5 Å². The van der Waals surface area contributed by atoms with E-state index in [0.717, 1.165) is 24.6 Å². The zero-order valence-corrected chi connectivity index (χ0v) is 15.9. The molecule has 0 bridgehead atoms. The Labute approximate surface area is 159 Å². The van der Waals surface area contributed by atoms with Gasteiger partial charge in [-0.2, -0.15) is 5.26 Å². The number of hydrogen-bond donors (Lipinski definition) is 2. The highest BCUT2D eigenvalue weighted by molar-refractivity contribution is 8.01. The van der Waals surface area contributed by atoms with E-state index in [1.165, 1.54) is 17.7 Å². The highest BCUT2D eigenvalue weighted by atomic mass is 32.2. The monoisotopic (exact) mass is 364 g/mol. The fourth-order valence-electron chi connectivity index (χ4n) is 2.69. The van der Waals surface area contributed by atoms with Crippen molar-refractivity contribution in [3.05, 3.63) is 65.7 Å². The standard InChI is InChI=1S/C21H24N4S/c1-2-23-20(24-15-18-8-6-7-17(13-18)14-22)25-16-21(11-12-21)26-19-9-4-3-5-10-19/h3-10,13H,2,11-12,15-16H2,1H3,(H2,23,24,25). The summed E-state index contributed by atoms with van der Waals surface area (Å²) in [4.78, 5) is 5.99. The summed E-state index contributed by atoms with van der Waals surface area (Å²) in [6.45, 7) is 4.35. The maximum absolute atomic E-state index is 9.01. The summed E-state index contributed by atoms with van der Waals surface area (Å²) >= 11 is 1.96. The van der Waals surface area contributed by atoms with E-state index < -0.39 is 0 Å². The van der Waals surface area contributed by atoms with Crippen LogP contribution in [0.25, 0.3) is 0 Å². The molecule has 0 amide bonds. The molecule has 0 aliphatic heterocycles. The predicted octanol–water partition coefficient (Wildman–Crippen LogP) is 3.94. The van der Waals surface area contributed by atoms with Crippen molar-refractivity contribution < 1.29 is 0 Å². The molecule has 0 heterocycles. The Morgan fingerprint density at radius 2 is 1.96 bits per heavy atom. The topological polar surface area (TPSA) is 60.2 Å². The van der Waals surface area contributed by atoms with E-state index in [4.69, 9.17) is 5.26 Å². The molecule has 0 aromatic heterocycles. The van der Waals surface area contributed by atoms with Crippen LogP contribution < -0.4 is 10.6 Å². The molecule has 0 spiro atoms. The maximum Gasteiger partial charge on any atom is 0.191 e. The van der Waals surface area contributed by atoms with Crippen LogP contribution >= 0.6 is 11.8 Å². The lowest BCUT2D eigenvalue weighted by Gasteiger charge is -2.18. The minimum atomic E-state index is 0.276. The van der Waals surface area contributed by atoms with E-state index in [-0.39, 0.29) is 4.75 Å². The summed E-state index contributed by atoms with van der Waals surface area (Å²) in [5.41, 5.74) is 1.72. The Morgan fingerprint density at radius 3 is 2.65 bits per heavy atom. The second-order valence-electron chi connectivity index (χ2n) is 6.46. The lowest BCUT2D eigenvalue weighted by atomic mass is 10.1. The Hall–Kier alpha value is -2.45. The summed E-state index contributed by atoms with van der Waals surface area (Å²) in [6.07, 6.45) is 2.45. The highest BCUT2D eigenvalue weighted by Crippen LogP contribution is 2.51. The van der Waals surface area contributed by atoms with Crippen LogP contribution in [0.4, 0.5) is 0 Å².